The molecule has 0 spiro atoms. The first-order valence-electron chi connectivity index (χ1n) is 10.5. The van der Waals surface area contributed by atoms with Gasteiger partial charge in [-0.15, -0.1) is 0 Å². The molecule has 0 bridgehead atoms. The first kappa shape index (κ1) is 21.4. The van der Waals surface area contributed by atoms with Gasteiger partial charge in [-0.1, -0.05) is 13.0 Å². The Hall–Kier alpha value is -2.34. The molecule has 1 aliphatic heterocycles. The second-order valence-electron chi connectivity index (χ2n) is 7.78. The van der Waals surface area contributed by atoms with Gasteiger partial charge < -0.3 is 19.3 Å². The van der Waals surface area contributed by atoms with Crippen molar-refractivity contribution in [2.75, 3.05) is 45.8 Å². The molecule has 1 saturated heterocycles. The zero-order valence-corrected chi connectivity index (χ0v) is 18.4. The van der Waals surface area contributed by atoms with Gasteiger partial charge in [-0.2, -0.15) is 0 Å². The van der Waals surface area contributed by atoms with Crippen LogP contribution in [0.5, 0.6) is 11.5 Å². The highest BCUT2D eigenvalue weighted by Crippen LogP contribution is 2.28. The summed E-state index contributed by atoms with van der Waals surface area (Å²) in [4.78, 5) is 14.1. The van der Waals surface area contributed by atoms with Gasteiger partial charge in [-0.3, -0.25) is 0 Å². The van der Waals surface area contributed by atoms with Crippen LogP contribution >= 0.6 is 0 Å². The standard InChI is InChI=1S/C23H34N4O2/c1-6-19-15-24-17(2)25-23(19)27-12-7-8-20(16-27)26(3)13-11-18-9-10-21(28-4)22(14-18)29-5/h9-10,14-15,20H,6-8,11-13,16H2,1-5H3/t20-/m0/s1. The van der Waals surface area contributed by atoms with Crippen LogP contribution in [0.3, 0.4) is 0 Å². The van der Waals surface area contributed by atoms with Gasteiger partial charge in [0, 0.05) is 37.4 Å². The lowest BCUT2D eigenvalue weighted by molar-refractivity contribution is 0.217. The Balaban J connectivity index is 1.63. The molecule has 6 heteroatoms. The van der Waals surface area contributed by atoms with E-state index in [2.05, 4.69) is 40.9 Å². The summed E-state index contributed by atoms with van der Waals surface area (Å²) >= 11 is 0. The summed E-state index contributed by atoms with van der Waals surface area (Å²) in [6.45, 7) is 7.25. The second kappa shape index (κ2) is 9.92. The predicted molar refractivity (Wildman–Crippen MR) is 117 cm³/mol. The molecule has 3 rings (SSSR count). The topological polar surface area (TPSA) is 50.7 Å². The molecule has 1 atom stereocenters. The van der Waals surface area contributed by atoms with Crippen molar-refractivity contribution in [3.63, 3.8) is 0 Å². The van der Waals surface area contributed by atoms with E-state index in [1.54, 1.807) is 14.2 Å². The van der Waals surface area contributed by atoms with Crippen molar-refractivity contribution >= 4 is 5.82 Å². The zero-order valence-electron chi connectivity index (χ0n) is 18.4. The maximum Gasteiger partial charge on any atom is 0.160 e. The van der Waals surface area contributed by atoms with Crippen LogP contribution < -0.4 is 14.4 Å². The Labute approximate surface area is 174 Å². The van der Waals surface area contributed by atoms with Gasteiger partial charge >= 0.3 is 0 Å². The van der Waals surface area contributed by atoms with E-state index < -0.39 is 0 Å². The number of benzene rings is 1. The van der Waals surface area contributed by atoms with Crippen LogP contribution in [0, 0.1) is 6.92 Å². The van der Waals surface area contributed by atoms with Crippen molar-refractivity contribution in [1.82, 2.24) is 14.9 Å². The first-order valence-corrected chi connectivity index (χ1v) is 10.5. The largest absolute Gasteiger partial charge is 0.493 e. The molecule has 1 fully saturated rings. The third kappa shape index (κ3) is 5.18. The van der Waals surface area contributed by atoms with Gasteiger partial charge in [0.15, 0.2) is 11.5 Å². The molecule has 1 aromatic heterocycles. The number of aromatic nitrogens is 2. The number of methoxy groups -OCH3 is 2. The zero-order chi connectivity index (χ0) is 20.8. The minimum absolute atomic E-state index is 0.531. The molecular formula is C23H34N4O2. The van der Waals surface area contributed by atoms with Crippen LogP contribution in [0.4, 0.5) is 5.82 Å². The van der Waals surface area contributed by atoms with Crippen molar-refractivity contribution in [3.8, 4) is 11.5 Å². The summed E-state index contributed by atoms with van der Waals surface area (Å²) in [6.07, 6.45) is 6.36. The molecular weight excluding hydrogens is 364 g/mol. The fraction of sp³-hybridized carbons (Fsp3) is 0.565. The van der Waals surface area contributed by atoms with Crippen molar-refractivity contribution in [2.24, 2.45) is 0 Å². The highest BCUT2D eigenvalue weighted by atomic mass is 16.5. The van der Waals surface area contributed by atoms with Crippen LogP contribution in [0.15, 0.2) is 24.4 Å². The van der Waals surface area contributed by atoms with E-state index in [9.17, 15) is 0 Å². The molecule has 0 N–H and O–H groups in total. The highest BCUT2D eigenvalue weighted by Gasteiger charge is 2.25. The quantitative estimate of drug-likeness (QED) is 0.678. The number of likely N-dealkylation sites (N-methyl/N-ethyl adjacent to an activating group) is 1. The van der Waals surface area contributed by atoms with Gasteiger partial charge in [0.2, 0.25) is 0 Å². The maximum atomic E-state index is 5.44. The molecule has 0 aliphatic carbocycles. The number of anilines is 1. The van der Waals surface area contributed by atoms with Gasteiger partial charge in [0.1, 0.15) is 11.6 Å². The van der Waals surface area contributed by atoms with Crippen LogP contribution in [-0.2, 0) is 12.8 Å². The summed E-state index contributed by atoms with van der Waals surface area (Å²) in [5, 5.41) is 0. The number of nitrogens with zero attached hydrogens (tertiary/aromatic N) is 4. The SMILES string of the molecule is CCc1cnc(C)nc1N1CCC[C@H](N(C)CCc2ccc(OC)c(OC)c2)C1. The monoisotopic (exact) mass is 398 g/mol. The molecule has 0 radical (unpaired) electrons. The number of ether oxygens (including phenoxy) is 2. The number of hydrogen-bond donors (Lipinski definition) is 0. The van der Waals surface area contributed by atoms with E-state index in [1.165, 1.54) is 24.0 Å². The van der Waals surface area contributed by atoms with E-state index in [1.807, 2.05) is 19.2 Å². The summed E-state index contributed by atoms with van der Waals surface area (Å²) < 4.78 is 10.8. The van der Waals surface area contributed by atoms with Crippen LogP contribution in [0.1, 0.15) is 36.7 Å². The van der Waals surface area contributed by atoms with E-state index >= 15 is 0 Å². The summed E-state index contributed by atoms with van der Waals surface area (Å²) in [5.41, 5.74) is 2.51. The lowest BCUT2D eigenvalue weighted by Crippen LogP contribution is -2.47. The molecule has 0 amide bonds. The Morgan fingerprint density at radius 2 is 2.00 bits per heavy atom. The lowest BCUT2D eigenvalue weighted by atomic mass is 10.0. The molecule has 1 aromatic carbocycles. The third-order valence-electron chi connectivity index (χ3n) is 5.86. The van der Waals surface area contributed by atoms with Crippen LogP contribution in [-0.4, -0.2) is 61.8 Å². The minimum Gasteiger partial charge on any atom is -0.493 e. The normalized spacial score (nSPS) is 16.9. The second-order valence-corrected chi connectivity index (χ2v) is 7.78. The van der Waals surface area contributed by atoms with E-state index in [-0.39, 0.29) is 0 Å². The summed E-state index contributed by atoms with van der Waals surface area (Å²) in [6, 6.07) is 6.72. The smallest absolute Gasteiger partial charge is 0.160 e. The Morgan fingerprint density at radius 1 is 1.21 bits per heavy atom. The lowest BCUT2D eigenvalue weighted by Gasteiger charge is -2.39. The van der Waals surface area contributed by atoms with Crippen molar-refractivity contribution in [1.29, 1.82) is 0 Å². The average Bonchev–Trinajstić information content (AvgIpc) is 2.77. The van der Waals surface area contributed by atoms with Crippen LogP contribution in [0.25, 0.3) is 0 Å². The first-order chi connectivity index (χ1) is 14.0. The molecule has 158 valence electrons. The fourth-order valence-electron chi connectivity index (χ4n) is 4.04. The Kier molecular flexibility index (Phi) is 7.31. The van der Waals surface area contributed by atoms with Crippen molar-refractivity contribution in [3.05, 3.63) is 41.3 Å². The maximum absolute atomic E-state index is 5.44. The van der Waals surface area contributed by atoms with E-state index in [4.69, 9.17) is 14.5 Å². The Bertz CT molecular complexity index is 811. The minimum atomic E-state index is 0.531. The van der Waals surface area contributed by atoms with E-state index in [0.717, 1.165) is 55.6 Å². The molecule has 0 unspecified atom stereocenters. The van der Waals surface area contributed by atoms with Crippen molar-refractivity contribution < 1.29 is 9.47 Å². The highest BCUT2D eigenvalue weighted by molar-refractivity contribution is 5.47. The van der Waals surface area contributed by atoms with Gasteiger partial charge in [0.25, 0.3) is 0 Å². The predicted octanol–water partition coefficient (Wildman–Crippen LogP) is 3.51. The number of hydrogen-bond acceptors (Lipinski definition) is 6. The fourth-order valence-corrected chi connectivity index (χ4v) is 4.04. The average molecular weight is 399 g/mol. The summed E-state index contributed by atoms with van der Waals surface area (Å²) in [7, 11) is 5.59. The molecule has 29 heavy (non-hydrogen) atoms. The van der Waals surface area contributed by atoms with Gasteiger partial charge in [-0.05, 0) is 57.4 Å². The third-order valence-corrected chi connectivity index (χ3v) is 5.86. The van der Waals surface area contributed by atoms with Crippen molar-refractivity contribution in [2.45, 2.75) is 45.6 Å². The molecule has 6 nitrogen and oxygen atoms in total. The Morgan fingerprint density at radius 3 is 2.72 bits per heavy atom. The molecule has 2 heterocycles. The number of piperidine rings is 1. The van der Waals surface area contributed by atoms with Gasteiger partial charge in [-0.25, -0.2) is 9.97 Å². The molecule has 2 aromatic rings. The number of aryl methyl sites for hydroxylation is 2. The summed E-state index contributed by atoms with van der Waals surface area (Å²) in [5.74, 6) is 3.54. The van der Waals surface area contributed by atoms with Gasteiger partial charge in [0.05, 0.1) is 14.2 Å². The molecule has 0 saturated carbocycles. The van der Waals surface area contributed by atoms with E-state index in [0.29, 0.717) is 6.04 Å². The number of rotatable bonds is 8. The molecule has 1 aliphatic rings. The van der Waals surface area contributed by atoms with Crippen LogP contribution in [0.2, 0.25) is 0 Å².